The molecule has 4 aromatic rings. The molecule has 0 amide bonds. The Morgan fingerprint density at radius 2 is 1.87 bits per heavy atom. The third-order valence-corrected chi connectivity index (χ3v) is 6.92. The largest absolute Gasteiger partial charge is 0.318 e. The summed E-state index contributed by atoms with van der Waals surface area (Å²) in [5, 5.41) is 10.9. The Bertz CT molecular complexity index is 1400. The van der Waals surface area contributed by atoms with Gasteiger partial charge in [-0.05, 0) is 44.2 Å². The molecule has 4 rings (SSSR count). The number of rotatable bonds is 6. The van der Waals surface area contributed by atoms with Crippen molar-refractivity contribution in [3.63, 3.8) is 0 Å². The van der Waals surface area contributed by atoms with E-state index in [4.69, 9.17) is 5.14 Å². The fourth-order valence-electron chi connectivity index (χ4n) is 3.49. The normalized spacial score (nSPS) is 11.9. The first-order valence-corrected chi connectivity index (χ1v) is 11.8. The fraction of sp³-hybridized carbons (Fsp3) is 0.200. The van der Waals surface area contributed by atoms with Crippen LogP contribution in [0, 0.1) is 13.8 Å². The zero-order valence-electron chi connectivity index (χ0n) is 17.1. The molecule has 160 valence electrons. The van der Waals surface area contributed by atoms with E-state index in [9.17, 15) is 13.2 Å². The molecule has 2 N–H and O–H groups in total. The van der Waals surface area contributed by atoms with Crippen LogP contribution in [-0.2, 0) is 17.1 Å². The van der Waals surface area contributed by atoms with Crippen LogP contribution in [0.4, 0.5) is 0 Å². The molecule has 0 fully saturated rings. The van der Waals surface area contributed by atoms with Crippen molar-refractivity contribution in [1.82, 2.24) is 24.3 Å². The highest BCUT2D eigenvalue weighted by Crippen LogP contribution is 2.27. The molecule has 31 heavy (non-hydrogen) atoms. The van der Waals surface area contributed by atoms with Crippen LogP contribution >= 0.6 is 11.8 Å². The first-order valence-electron chi connectivity index (χ1n) is 9.27. The Morgan fingerprint density at radius 1 is 1.16 bits per heavy atom. The lowest BCUT2D eigenvalue weighted by atomic mass is 10.2. The SMILES string of the molecule is Cc1cc(C(=O)CSc2ncnc3c2cnn3C)c(C)n1-c1ccc(S(N)(=O)=O)cc1. The quantitative estimate of drug-likeness (QED) is 0.268. The Morgan fingerprint density at radius 3 is 2.55 bits per heavy atom. The third-order valence-electron chi connectivity index (χ3n) is 4.99. The van der Waals surface area contributed by atoms with Crippen molar-refractivity contribution in [3.8, 4) is 5.69 Å². The number of Topliss-reactive ketones (excluding diaryl/α,β-unsaturated/α-hetero) is 1. The molecule has 0 atom stereocenters. The monoisotopic (exact) mass is 456 g/mol. The van der Waals surface area contributed by atoms with Crippen LogP contribution in [0.1, 0.15) is 21.7 Å². The molecule has 9 nitrogen and oxygen atoms in total. The molecule has 3 aromatic heterocycles. The van der Waals surface area contributed by atoms with Crippen molar-refractivity contribution in [1.29, 1.82) is 0 Å². The second kappa shape index (κ2) is 7.91. The minimum Gasteiger partial charge on any atom is -0.318 e. The molecular formula is C20H20N6O3S2. The summed E-state index contributed by atoms with van der Waals surface area (Å²) in [6.07, 6.45) is 3.16. The number of sulfonamides is 1. The number of carbonyl (C=O) groups is 1. The van der Waals surface area contributed by atoms with Crippen molar-refractivity contribution in [3.05, 3.63) is 59.8 Å². The predicted molar refractivity (Wildman–Crippen MR) is 118 cm³/mol. The van der Waals surface area contributed by atoms with Crippen molar-refractivity contribution in [2.75, 3.05) is 5.75 Å². The number of carbonyl (C=O) groups excluding carboxylic acids is 1. The number of hydrogen-bond acceptors (Lipinski definition) is 7. The minimum atomic E-state index is -3.76. The Hall–Kier alpha value is -3.02. The molecule has 3 heterocycles. The number of fused-ring (bicyclic) bond motifs is 1. The number of benzene rings is 1. The van der Waals surface area contributed by atoms with Gasteiger partial charge in [0, 0.05) is 29.7 Å². The first-order chi connectivity index (χ1) is 14.7. The molecule has 0 saturated heterocycles. The maximum Gasteiger partial charge on any atom is 0.238 e. The highest BCUT2D eigenvalue weighted by atomic mass is 32.2. The second-order valence-electron chi connectivity index (χ2n) is 7.06. The maximum absolute atomic E-state index is 13.0. The van der Waals surface area contributed by atoms with Gasteiger partial charge >= 0.3 is 0 Å². The lowest BCUT2D eigenvalue weighted by molar-refractivity contribution is 0.102. The summed E-state index contributed by atoms with van der Waals surface area (Å²) in [6, 6.07) is 8.08. The summed E-state index contributed by atoms with van der Waals surface area (Å²) >= 11 is 1.35. The number of thioether (sulfide) groups is 1. The minimum absolute atomic E-state index is 0.0267. The van der Waals surface area contributed by atoms with E-state index < -0.39 is 10.0 Å². The van der Waals surface area contributed by atoms with Crippen LogP contribution in [0.5, 0.6) is 0 Å². The predicted octanol–water partition coefficient (Wildman–Crippen LogP) is 2.39. The number of nitrogens with zero attached hydrogens (tertiary/aromatic N) is 5. The van der Waals surface area contributed by atoms with Crippen LogP contribution in [-0.4, -0.2) is 44.3 Å². The summed E-state index contributed by atoms with van der Waals surface area (Å²) in [5.41, 5.74) is 3.72. The summed E-state index contributed by atoms with van der Waals surface area (Å²) in [5.74, 6) is 0.191. The van der Waals surface area contributed by atoms with Crippen LogP contribution in [0.3, 0.4) is 0 Å². The number of hydrogen-bond donors (Lipinski definition) is 1. The van der Waals surface area contributed by atoms with Gasteiger partial charge in [0.15, 0.2) is 11.4 Å². The van der Waals surface area contributed by atoms with Gasteiger partial charge in [0.1, 0.15) is 11.4 Å². The molecule has 0 unspecified atom stereocenters. The van der Waals surface area contributed by atoms with E-state index in [1.807, 2.05) is 24.5 Å². The molecule has 0 radical (unpaired) electrons. The zero-order valence-corrected chi connectivity index (χ0v) is 18.7. The van der Waals surface area contributed by atoms with Gasteiger partial charge < -0.3 is 4.57 Å². The molecule has 0 spiro atoms. The average molecular weight is 457 g/mol. The van der Waals surface area contributed by atoms with E-state index in [0.717, 1.165) is 22.5 Å². The Balaban J connectivity index is 1.58. The van der Waals surface area contributed by atoms with E-state index >= 15 is 0 Å². The lowest BCUT2D eigenvalue weighted by Crippen LogP contribution is -2.12. The van der Waals surface area contributed by atoms with Crippen molar-refractivity contribution >= 4 is 38.6 Å². The van der Waals surface area contributed by atoms with Gasteiger partial charge in [-0.3, -0.25) is 9.48 Å². The van der Waals surface area contributed by atoms with Gasteiger partial charge in [-0.2, -0.15) is 5.10 Å². The smallest absolute Gasteiger partial charge is 0.238 e. The zero-order chi connectivity index (χ0) is 22.3. The molecule has 1 aromatic carbocycles. The van der Waals surface area contributed by atoms with Crippen LogP contribution in [0.2, 0.25) is 0 Å². The van der Waals surface area contributed by atoms with Crippen LogP contribution in [0.25, 0.3) is 16.7 Å². The van der Waals surface area contributed by atoms with E-state index in [1.54, 1.807) is 30.1 Å². The van der Waals surface area contributed by atoms with Gasteiger partial charge in [-0.1, -0.05) is 11.8 Å². The first kappa shape index (κ1) is 21.2. The summed E-state index contributed by atoms with van der Waals surface area (Å²) < 4.78 is 26.6. The fourth-order valence-corrected chi connectivity index (χ4v) is 4.85. The third kappa shape index (κ3) is 3.99. The van der Waals surface area contributed by atoms with E-state index in [0.29, 0.717) is 16.2 Å². The van der Waals surface area contributed by atoms with E-state index in [-0.39, 0.29) is 16.4 Å². The van der Waals surface area contributed by atoms with Gasteiger partial charge in [0.2, 0.25) is 10.0 Å². The molecule has 0 aliphatic carbocycles. The molecule has 0 bridgehead atoms. The van der Waals surface area contributed by atoms with Crippen molar-refractivity contribution < 1.29 is 13.2 Å². The van der Waals surface area contributed by atoms with Gasteiger partial charge in [-0.25, -0.2) is 23.5 Å². The van der Waals surface area contributed by atoms with Gasteiger partial charge in [0.25, 0.3) is 0 Å². The highest BCUT2D eigenvalue weighted by molar-refractivity contribution is 8.00. The Kier molecular flexibility index (Phi) is 5.42. The highest BCUT2D eigenvalue weighted by Gasteiger charge is 2.18. The number of ketones is 1. The Labute approximate surface area is 183 Å². The van der Waals surface area contributed by atoms with E-state index in [1.165, 1.54) is 30.2 Å². The van der Waals surface area contributed by atoms with E-state index in [2.05, 4.69) is 15.1 Å². The molecule has 0 aliphatic rings. The molecular weight excluding hydrogens is 436 g/mol. The van der Waals surface area contributed by atoms with Crippen molar-refractivity contribution in [2.24, 2.45) is 12.2 Å². The van der Waals surface area contributed by atoms with Crippen LogP contribution in [0.15, 0.2) is 52.8 Å². The van der Waals surface area contributed by atoms with Crippen molar-refractivity contribution in [2.45, 2.75) is 23.8 Å². The second-order valence-corrected chi connectivity index (χ2v) is 9.58. The molecule has 11 heteroatoms. The lowest BCUT2D eigenvalue weighted by Gasteiger charge is -2.10. The average Bonchev–Trinajstić information content (AvgIpc) is 3.25. The summed E-state index contributed by atoms with van der Waals surface area (Å²) in [6.45, 7) is 3.76. The van der Waals surface area contributed by atoms with Gasteiger partial charge in [0.05, 0.1) is 22.2 Å². The van der Waals surface area contributed by atoms with Gasteiger partial charge in [-0.15, -0.1) is 0 Å². The van der Waals surface area contributed by atoms with Crippen LogP contribution < -0.4 is 5.14 Å². The number of primary sulfonamides is 1. The number of nitrogens with two attached hydrogens (primary N) is 1. The maximum atomic E-state index is 13.0. The topological polar surface area (TPSA) is 126 Å². The number of aryl methyl sites for hydroxylation is 2. The standard InChI is InChI=1S/C20H20N6O3S2/c1-12-8-16(13(2)26(12)14-4-6-15(7-5-14)31(21,28)29)18(27)10-30-20-17-9-24-25(3)19(17)22-11-23-20/h4-9,11H,10H2,1-3H3,(H2,21,28,29). The number of aromatic nitrogens is 5. The molecule has 0 aliphatic heterocycles. The summed E-state index contributed by atoms with van der Waals surface area (Å²) in [4.78, 5) is 21.5. The molecule has 0 saturated carbocycles. The summed E-state index contributed by atoms with van der Waals surface area (Å²) in [7, 11) is -1.96.